The van der Waals surface area contributed by atoms with Crippen molar-refractivity contribution in [1.82, 2.24) is 29.4 Å². The number of aromatic nitrogens is 5. The first-order valence-corrected chi connectivity index (χ1v) is 11.1. The minimum atomic E-state index is -0.515. The average molecular weight is 478 g/mol. The van der Waals surface area contributed by atoms with Gasteiger partial charge in [-0.05, 0) is 33.6 Å². The van der Waals surface area contributed by atoms with Gasteiger partial charge in [-0.1, -0.05) is 23.2 Å². The lowest BCUT2D eigenvalue weighted by Gasteiger charge is -2.32. The smallest absolute Gasteiger partial charge is 0.410 e. The third-order valence-corrected chi connectivity index (χ3v) is 5.95. The van der Waals surface area contributed by atoms with Gasteiger partial charge in [0.2, 0.25) is 0 Å². The molecule has 0 atom stereocenters. The molecule has 0 saturated carbocycles. The Bertz CT molecular complexity index is 1080. The zero-order valence-electron chi connectivity index (χ0n) is 18.2. The molecule has 0 unspecified atom stereocenters. The highest BCUT2D eigenvalue weighted by molar-refractivity contribution is 6.35. The molecule has 1 saturated heterocycles. The summed E-state index contributed by atoms with van der Waals surface area (Å²) in [5, 5.41) is 0.924. The number of nitrogens with zero attached hydrogens (tertiary/aromatic N) is 6. The lowest BCUT2D eigenvalue weighted by atomic mass is 9.96. The molecule has 4 rings (SSSR count). The lowest BCUT2D eigenvalue weighted by Crippen LogP contribution is -2.41. The number of rotatable bonds is 3. The molecule has 170 valence electrons. The van der Waals surface area contributed by atoms with Crippen LogP contribution in [-0.4, -0.2) is 54.2 Å². The summed E-state index contributed by atoms with van der Waals surface area (Å²) in [6.45, 7) is 7.11. The second-order valence-corrected chi connectivity index (χ2v) is 9.65. The average Bonchev–Trinajstić information content (AvgIpc) is 3.18. The number of carbonyl (C=O) groups is 1. The molecule has 0 radical (unpaired) electrons. The fourth-order valence-corrected chi connectivity index (χ4v) is 4.16. The molecule has 1 aromatic rings. The minimum Gasteiger partial charge on any atom is -0.444 e. The summed E-state index contributed by atoms with van der Waals surface area (Å²) in [6.07, 6.45) is 5.89. The van der Waals surface area contributed by atoms with Gasteiger partial charge in [0, 0.05) is 37.0 Å². The van der Waals surface area contributed by atoms with Crippen molar-refractivity contribution >= 4 is 35.1 Å². The Morgan fingerprint density at radius 1 is 1.19 bits per heavy atom. The molecule has 9 nitrogen and oxygen atoms in total. The summed E-state index contributed by atoms with van der Waals surface area (Å²) >= 11 is 12.6. The molecule has 3 aliphatic rings. The first kappa shape index (κ1) is 22.5. The van der Waals surface area contributed by atoms with Gasteiger partial charge in [0.1, 0.15) is 11.4 Å². The second kappa shape index (κ2) is 8.71. The molecule has 2 N–H and O–H groups in total. The molecular weight excluding hydrogens is 453 g/mol. The molecule has 0 bridgehead atoms. The van der Waals surface area contributed by atoms with Crippen LogP contribution in [0.4, 0.5) is 10.6 Å². The minimum absolute atomic E-state index is 0.113. The third kappa shape index (κ3) is 4.73. The van der Waals surface area contributed by atoms with Crippen LogP contribution in [0.5, 0.6) is 0 Å². The van der Waals surface area contributed by atoms with E-state index >= 15 is 0 Å². The van der Waals surface area contributed by atoms with Crippen molar-refractivity contribution in [1.29, 1.82) is 0 Å². The molecule has 1 fully saturated rings. The van der Waals surface area contributed by atoms with E-state index in [1.165, 1.54) is 0 Å². The Kier molecular flexibility index (Phi) is 6.13. The SMILES string of the molecule is CC(C)(C)OC(=O)N1CCC(c2nc3c(N)ncn(Cc4c(Cl)cncc4Cl)c-3n2)CC1. The quantitative estimate of drug-likeness (QED) is 0.600. The van der Waals surface area contributed by atoms with E-state index in [0.29, 0.717) is 52.8 Å². The maximum Gasteiger partial charge on any atom is 0.410 e. The van der Waals surface area contributed by atoms with E-state index in [1.54, 1.807) is 23.6 Å². The van der Waals surface area contributed by atoms with Crippen LogP contribution in [0.3, 0.4) is 0 Å². The number of anilines is 1. The van der Waals surface area contributed by atoms with Crippen LogP contribution in [0.1, 0.15) is 50.9 Å². The van der Waals surface area contributed by atoms with Crippen LogP contribution in [0, 0.1) is 0 Å². The Labute approximate surface area is 196 Å². The summed E-state index contributed by atoms with van der Waals surface area (Å²) in [4.78, 5) is 31.8. The van der Waals surface area contributed by atoms with Gasteiger partial charge in [0.25, 0.3) is 0 Å². The highest BCUT2D eigenvalue weighted by Gasteiger charge is 2.31. The van der Waals surface area contributed by atoms with E-state index in [1.807, 2.05) is 25.3 Å². The van der Waals surface area contributed by atoms with Crippen molar-refractivity contribution in [3.63, 3.8) is 0 Å². The van der Waals surface area contributed by atoms with E-state index in [4.69, 9.17) is 38.7 Å². The van der Waals surface area contributed by atoms with Gasteiger partial charge in [-0.25, -0.2) is 19.7 Å². The number of ether oxygens (including phenoxy) is 1. The third-order valence-electron chi connectivity index (χ3n) is 5.30. The van der Waals surface area contributed by atoms with E-state index in [9.17, 15) is 4.79 Å². The van der Waals surface area contributed by atoms with Gasteiger partial charge in [-0.2, -0.15) is 0 Å². The molecule has 0 aliphatic carbocycles. The first-order valence-electron chi connectivity index (χ1n) is 10.4. The molecule has 0 spiro atoms. The van der Waals surface area contributed by atoms with Crippen molar-refractivity contribution in [3.8, 4) is 11.5 Å². The number of halogens is 2. The largest absolute Gasteiger partial charge is 0.444 e. The topological polar surface area (TPSA) is 112 Å². The standard InChI is InChI=1S/C21H25Cl2N7O2/c1-21(2,3)32-20(31)29-6-4-12(5-7-29)18-27-16-17(24)26-11-30(19(16)28-18)10-13-14(22)8-25-9-15(13)23/h8-9,11-12H,4-7,10,24H2,1-3H3. The maximum atomic E-state index is 12.3. The van der Waals surface area contributed by atoms with Gasteiger partial charge in [-0.15, -0.1) is 0 Å². The van der Waals surface area contributed by atoms with Crippen LogP contribution in [-0.2, 0) is 11.3 Å². The van der Waals surface area contributed by atoms with Crippen molar-refractivity contribution in [2.45, 2.75) is 51.7 Å². The molecular formula is C21H25Cl2N7O2. The van der Waals surface area contributed by atoms with Crippen LogP contribution < -0.4 is 5.73 Å². The highest BCUT2D eigenvalue weighted by Crippen LogP contribution is 2.33. The van der Waals surface area contributed by atoms with Crippen molar-refractivity contribution in [3.05, 3.63) is 40.2 Å². The number of hydrogen-bond acceptors (Lipinski definition) is 7. The number of amides is 1. The number of likely N-dealkylation sites (tertiary alicyclic amines) is 1. The molecule has 1 aromatic heterocycles. The number of nitrogen functional groups attached to an aromatic ring is 1. The predicted octanol–water partition coefficient (Wildman–Crippen LogP) is 4.22. The van der Waals surface area contributed by atoms with Gasteiger partial charge in [-0.3, -0.25) is 4.98 Å². The number of pyridine rings is 1. The summed E-state index contributed by atoms with van der Waals surface area (Å²) in [5.41, 5.74) is 6.83. The van der Waals surface area contributed by atoms with Crippen molar-refractivity contribution < 1.29 is 9.53 Å². The molecule has 4 heterocycles. The van der Waals surface area contributed by atoms with Gasteiger partial charge >= 0.3 is 6.09 Å². The van der Waals surface area contributed by atoms with Crippen molar-refractivity contribution in [2.24, 2.45) is 0 Å². The number of nitrogens with two attached hydrogens (primary N) is 1. The summed E-state index contributed by atoms with van der Waals surface area (Å²) < 4.78 is 7.30. The van der Waals surface area contributed by atoms with E-state index in [-0.39, 0.29) is 12.0 Å². The van der Waals surface area contributed by atoms with Gasteiger partial charge in [0.05, 0.1) is 22.9 Å². The number of imidazole rings is 1. The first-order chi connectivity index (χ1) is 15.1. The van der Waals surface area contributed by atoms with E-state index in [0.717, 1.165) is 18.4 Å². The molecule has 3 aliphatic heterocycles. The van der Waals surface area contributed by atoms with E-state index in [2.05, 4.69) is 15.0 Å². The van der Waals surface area contributed by atoms with Crippen molar-refractivity contribution in [2.75, 3.05) is 18.8 Å². The Morgan fingerprint density at radius 2 is 1.84 bits per heavy atom. The van der Waals surface area contributed by atoms with Crippen LogP contribution in [0.15, 0.2) is 18.7 Å². The summed E-state index contributed by atoms with van der Waals surface area (Å²) in [7, 11) is 0. The molecule has 32 heavy (non-hydrogen) atoms. The monoisotopic (exact) mass is 477 g/mol. The van der Waals surface area contributed by atoms with E-state index < -0.39 is 5.60 Å². The van der Waals surface area contributed by atoms with Crippen LogP contribution >= 0.6 is 23.2 Å². The number of carbonyl (C=O) groups excluding carboxylic acids is 1. The number of hydrogen-bond donors (Lipinski definition) is 1. The highest BCUT2D eigenvalue weighted by atomic mass is 35.5. The Hall–Kier alpha value is -2.65. The zero-order valence-corrected chi connectivity index (χ0v) is 19.7. The predicted molar refractivity (Wildman–Crippen MR) is 122 cm³/mol. The normalized spacial score (nSPS) is 15.3. The maximum absolute atomic E-state index is 12.3. The van der Waals surface area contributed by atoms with Gasteiger partial charge in [0.15, 0.2) is 17.3 Å². The lowest BCUT2D eigenvalue weighted by molar-refractivity contribution is 0.0203. The van der Waals surface area contributed by atoms with Crippen LogP contribution in [0.2, 0.25) is 10.0 Å². The van der Waals surface area contributed by atoms with Gasteiger partial charge < -0.3 is 19.9 Å². The Balaban J connectivity index is 1.54. The molecule has 0 aromatic carbocycles. The molecule has 1 amide bonds. The fourth-order valence-electron chi connectivity index (χ4n) is 3.68. The number of fused-ring (bicyclic) bond motifs is 1. The summed E-state index contributed by atoms with van der Waals surface area (Å²) in [5.74, 6) is 1.74. The fraction of sp³-hybridized carbons (Fsp3) is 0.476. The van der Waals surface area contributed by atoms with Crippen LogP contribution in [0.25, 0.3) is 11.5 Å². The number of piperidine rings is 1. The zero-order chi connectivity index (χ0) is 23.0. The Morgan fingerprint density at radius 3 is 2.47 bits per heavy atom. The molecule has 11 heteroatoms. The second-order valence-electron chi connectivity index (χ2n) is 8.84. The summed E-state index contributed by atoms with van der Waals surface area (Å²) in [6, 6.07) is 0.